The van der Waals surface area contributed by atoms with Crippen LogP contribution >= 0.6 is 0 Å². The van der Waals surface area contributed by atoms with E-state index in [2.05, 4.69) is 5.10 Å². The first kappa shape index (κ1) is 18.7. The number of alkyl halides is 3. The predicted octanol–water partition coefficient (Wildman–Crippen LogP) is 3.62. The molecule has 0 aromatic carbocycles. The average molecular weight is 338 g/mol. The summed E-state index contributed by atoms with van der Waals surface area (Å²) in [6.07, 6.45) is -3.74. The number of aryl methyl sites for hydroxylation is 1. The van der Waals surface area contributed by atoms with Gasteiger partial charge in [-0.25, -0.2) is 4.79 Å². The molecule has 0 saturated carbocycles. The van der Waals surface area contributed by atoms with Crippen LogP contribution in [0.15, 0.2) is 6.20 Å². The molecular formula is C13H21F3N2O3Si. The van der Waals surface area contributed by atoms with Gasteiger partial charge in [0.15, 0.2) is 14.0 Å². The fraction of sp³-hybridized carbons (Fsp3) is 0.692. The Morgan fingerprint density at radius 3 is 2.32 bits per heavy atom. The first-order chi connectivity index (χ1) is 9.73. The highest BCUT2D eigenvalue weighted by atomic mass is 28.4. The summed E-state index contributed by atoms with van der Waals surface area (Å²) in [7, 11) is -1.84. The third-order valence-corrected chi connectivity index (χ3v) is 4.01. The molecule has 0 amide bonds. The Bertz CT molecular complexity index is 548. The van der Waals surface area contributed by atoms with Crippen molar-refractivity contribution < 1.29 is 27.5 Å². The van der Waals surface area contributed by atoms with E-state index < -0.39 is 37.3 Å². The van der Waals surface area contributed by atoms with Crippen molar-refractivity contribution in [2.75, 3.05) is 0 Å². The van der Waals surface area contributed by atoms with Gasteiger partial charge in [-0.15, -0.1) is 0 Å². The molecule has 0 fully saturated rings. The third-order valence-electron chi connectivity index (χ3n) is 2.85. The van der Waals surface area contributed by atoms with E-state index >= 15 is 0 Å². The fourth-order valence-electron chi connectivity index (χ4n) is 2.27. The van der Waals surface area contributed by atoms with E-state index in [1.54, 1.807) is 13.8 Å². The van der Waals surface area contributed by atoms with Crippen molar-refractivity contribution in [3.8, 4) is 0 Å². The number of carbonyl (C=O) groups is 1. The Morgan fingerprint density at radius 2 is 1.91 bits per heavy atom. The molecule has 0 spiro atoms. The van der Waals surface area contributed by atoms with Crippen LogP contribution in [-0.2, 0) is 17.1 Å². The maximum absolute atomic E-state index is 13.0. The van der Waals surface area contributed by atoms with E-state index in [9.17, 15) is 18.0 Å². The molecule has 22 heavy (non-hydrogen) atoms. The van der Waals surface area contributed by atoms with E-state index in [1.807, 2.05) is 19.6 Å². The van der Waals surface area contributed by atoms with Crippen molar-refractivity contribution >= 4 is 14.3 Å². The molecule has 0 aliphatic rings. The summed E-state index contributed by atoms with van der Waals surface area (Å²) in [6, 6.07) is 0. The number of hydrogen-bond acceptors (Lipinski definition) is 3. The molecule has 9 heteroatoms. The van der Waals surface area contributed by atoms with Gasteiger partial charge in [-0.05, 0) is 39.9 Å². The number of hydrogen-bond donors (Lipinski definition) is 1. The lowest BCUT2D eigenvalue weighted by molar-refractivity contribution is -0.145. The number of nitrogens with zero attached hydrogens (tertiary/aromatic N) is 2. The van der Waals surface area contributed by atoms with Crippen LogP contribution < -0.4 is 0 Å². The molecule has 1 rings (SSSR count). The standard InChI is InChI=1S/C13H21F3N2O3Si/c1-12(2,21-22(3,4)5)6-7-18-10(13(14,15)16)9(8-17-18)11(19)20/h8H,6-7H2,1-5H3,(H,19,20). The molecule has 0 saturated heterocycles. The second-order valence-electron chi connectivity index (χ2n) is 6.66. The zero-order valence-electron chi connectivity index (χ0n) is 13.3. The van der Waals surface area contributed by atoms with Gasteiger partial charge < -0.3 is 9.53 Å². The van der Waals surface area contributed by atoms with Gasteiger partial charge in [0.05, 0.1) is 11.8 Å². The number of carboxylic acid groups (broad SMARTS) is 1. The number of halogens is 3. The lowest BCUT2D eigenvalue weighted by atomic mass is 10.1. The van der Waals surface area contributed by atoms with Crippen LogP contribution in [-0.4, -0.2) is 34.8 Å². The molecule has 0 atom stereocenters. The van der Waals surface area contributed by atoms with Crippen LogP contribution in [0.5, 0.6) is 0 Å². The highest BCUT2D eigenvalue weighted by molar-refractivity contribution is 6.69. The molecule has 0 bridgehead atoms. The molecule has 126 valence electrons. The molecular weight excluding hydrogens is 317 g/mol. The summed E-state index contributed by atoms with van der Waals surface area (Å²) in [5, 5.41) is 12.4. The van der Waals surface area contributed by atoms with E-state index in [-0.39, 0.29) is 6.54 Å². The number of carboxylic acids is 1. The monoisotopic (exact) mass is 338 g/mol. The number of aromatic nitrogens is 2. The van der Waals surface area contributed by atoms with E-state index in [1.165, 1.54) is 0 Å². The van der Waals surface area contributed by atoms with Crippen molar-refractivity contribution in [1.82, 2.24) is 9.78 Å². The molecule has 0 unspecified atom stereocenters. The molecule has 1 aromatic rings. The summed E-state index contributed by atoms with van der Waals surface area (Å²) in [5.41, 5.74) is -2.68. The van der Waals surface area contributed by atoms with Gasteiger partial charge >= 0.3 is 12.1 Å². The van der Waals surface area contributed by atoms with Crippen molar-refractivity contribution in [1.29, 1.82) is 0 Å². The summed E-state index contributed by atoms with van der Waals surface area (Å²) >= 11 is 0. The zero-order valence-corrected chi connectivity index (χ0v) is 14.3. The molecule has 0 aliphatic carbocycles. The maximum atomic E-state index is 13.0. The second-order valence-corrected chi connectivity index (χ2v) is 11.1. The molecule has 1 aromatic heterocycles. The summed E-state index contributed by atoms with van der Waals surface area (Å²) < 4.78 is 45.8. The zero-order chi connectivity index (χ0) is 17.3. The Balaban J connectivity index is 2.98. The topological polar surface area (TPSA) is 64.4 Å². The summed E-state index contributed by atoms with van der Waals surface area (Å²) in [5.74, 6) is -1.64. The van der Waals surface area contributed by atoms with Crippen molar-refractivity contribution in [3.05, 3.63) is 17.5 Å². The average Bonchev–Trinajstić information content (AvgIpc) is 2.66. The smallest absolute Gasteiger partial charge is 0.433 e. The van der Waals surface area contributed by atoms with Gasteiger partial charge in [0, 0.05) is 6.54 Å². The van der Waals surface area contributed by atoms with Crippen molar-refractivity contribution in [2.24, 2.45) is 0 Å². The molecule has 5 nitrogen and oxygen atoms in total. The van der Waals surface area contributed by atoms with Crippen LogP contribution in [0.4, 0.5) is 13.2 Å². The third kappa shape index (κ3) is 5.13. The van der Waals surface area contributed by atoms with E-state index in [0.29, 0.717) is 11.1 Å². The van der Waals surface area contributed by atoms with Crippen LogP contribution in [0, 0.1) is 0 Å². The summed E-state index contributed by atoms with van der Waals surface area (Å²) in [6.45, 7) is 9.52. The van der Waals surface area contributed by atoms with Crippen LogP contribution in [0.1, 0.15) is 36.3 Å². The summed E-state index contributed by atoms with van der Waals surface area (Å²) in [4.78, 5) is 10.9. The van der Waals surface area contributed by atoms with E-state index in [4.69, 9.17) is 9.53 Å². The lowest BCUT2D eigenvalue weighted by Crippen LogP contribution is -2.39. The Hall–Kier alpha value is -1.35. The lowest BCUT2D eigenvalue weighted by Gasteiger charge is -2.33. The molecule has 0 aliphatic heterocycles. The minimum Gasteiger partial charge on any atom is -0.478 e. The van der Waals surface area contributed by atoms with Crippen molar-refractivity contribution in [3.63, 3.8) is 0 Å². The quantitative estimate of drug-likeness (QED) is 0.805. The van der Waals surface area contributed by atoms with Crippen molar-refractivity contribution in [2.45, 2.75) is 58.2 Å². The van der Waals surface area contributed by atoms with Crippen LogP contribution in [0.25, 0.3) is 0 Å². The fourth-order valence-corrected chi connectivity index (χ4v) is 4.03. The van der Waals surface area contributed by atoms with Gasteiger partial charge in [0.25, 0.3) is 0 Å². The predicted molar refractivity (Wildman–Crippen MR) is 77.3 cm³/mol. The first-order valence-corrected chi connectivity index (χ1v) is 10.2. The largest absolute Gasteiger partial charge is 0.478 e. The highest BCUT2D eigenvalue weighted by Crippen LogP contribution is 2.33. The SMILES string of the molecule is CC(C)(CCn1ncc(C(=O)O)c1C(F)(F)F)O[Si](C)(C)C. The maximum Gasteiger partial charge on any atom is 0.433 e. The molecule has 1 N–H and O–H groups in total. The molecule has 0 radical (unpaired) electrons. The Morgan fingerprint density at radius 1 is 1.36 bits per heavy atom. The molecule has 1 heterocycles. The van der Waals surface area contributed by atoms with Gasteiger partial charge in [-0.3, -0.25) is 4.68 Å². The Kier molecular flexibility index (Phi) is 5.13. The number of rotatable bonds is 6. The van der Waals surface area contributed by atoms with Gasteiger partial charge in [-0.1, -0.05) is 0 Å². The first-order valence-electron chi connectivity index (χ1n) is 6.79. The minimum atomic E-state index is -4.77. The normalized spacial score (nSPS) is 13.5. The number of aromatic carboxylic acids is 1. The van der Waals surface area contributed by atoms with Crippen LogP contribution in [0.3, 0.4) is 0 Å². The van der Waals surface area contributed by atoms with Crippen LogP contribution in [0.2, 0.25) is 19.6 Å². The van der Waals surface area contributed by atoms with Gasteiger partial charge in [-0.2, -0.15) is 18.3 Å². The van der Waals surface area contributed by atoms with E-state index in [0.717, 1.165) is 6.20 Å². The second kappa shape index (κ2) is 6.03. The minimum absolute atomic E-state index is 0.0698. The van der Waals surface area contributed by atoms with Gasteiger partial charge in [0.1, 0.15) is 5.56 Å². The van der Waals surface area contributed by atoms with Gasteiger partial charge in [0.2, 0.25) is 0 Å². The highest BCUT2D eigenvalue weighted by Gasteiger charge is 2.40. The Labute approximate surface area is 128 Å².